The number of rotatable bonds is 1. The van der Waals surface area contributed by atoms with E-state index in [9.17, 15) is 4.79 Å². The summed E-state index contributed by atoms with van der Waals surface area (Å²) in [5.74, 6) is 1.05. The van der Waals surface area contributed by atoms with Crippen LogP contribution in [0.2, 0.25) is 0 Å². The Hall–Kier alpha value is -0.830. The highest BCUT2D eigenvalue weighted by Crippen LogP contribution is 2.32. The minimum Gasteiger partial charge on any atom is -0.336 e. The van der Waals surface area contributed by atoms with Crippen LogP contribution in [0.1, 0.15) is 60.3 Å². The lowest BCUT2D eigenvalue weighted by Gasteiger charge is -2.36. The van der Waals surface area contributed by atoms with Crippen LogP contribution in [0, 0.1) is 5.92 Å². The monoisotopic (exact) mass is 277 g/mol. The third kappa shape index (κ3) is 2.45. The Morgan fingerprint density at radius 2 is 2.11 bits per heavy atom. The van der Waals surface area contributed by atoms with E-state index in [-0.39, 0.29) is 0 Å². The van der Waals surface area contributed by atoms with Crippen LogP contribution in [0.3, 0.4) is 0 Å². The molecule has 1 aromatic rings. The average molecular weight is 277 g/mol. The first-order chi connectivity index (χ1) is 9.16. The fraction of sp³-hybridized carbons (Fsp3) is 0.688. The quantitative estimate of drug-likeness (QED) is 0.762. The zero-order chi connectivity index (χ0) is 13.4. The number of fused-ring (bicyclic) bond motifs is 1. The second kappa shape index (κ2) is 5.28. The SMILES string of the molecule is C[C@@H]1CCN(C(=O)c2csc3c2CCCC3)[C@H](C)C1. The van der Waals surface area contributed by atoms with Crippen LogP contribution in [0.25, 0.3) is 0 Å². The van der Waals surface area contributed by atoms with E-state index >= 15 is 0 Å². The van der Waals surface area contributed by atoms with Crippen molar-refractivity contribution in [2.45, 2.75) is 58.4 Å². The Morgan fingerprint density at radius 3 is 2.89 bits per heavy atom. The summed E-state index contributed by atoms with van der Waals surface area (Å²) in [4.78, 5) is 16.4. The summed E-state index contributed by atoms with van der Waals surface area (Å²) >= 11 is 1.80. The van der Waals surface area contributed by atoms with Gasteiger partial charge in [0.15, 0.2) is 0 Å². The predicted octanol–water partition coefficient (Wildman–Crippen LogP) is 3.89. The molecule has 1 fully saturated rings. The van der Waals surface area contributed by atoms with Gasteiger partial charge in [0.25, 0.3) is 5.91 Å². The van der Waals surface area contributed by atoms with Crippen molar-refractivity contribution in [3.8, 4) is 0 Å². The Kier molecular flexibility index (Phi) is 3.66. The summed E-state index contributed by atoms with van der Waals surface area (Å²) in [5, 5.41) is 2.11. The molecule has 0 N–H and O–H groups in total. The molecule has 3 heteroatoms. The van der Waals surface area contributed by atoms with Crippen LogP contribution in [0.15, 0.2) is 5.38 Å². The fourth-order valence-corrected chi connectivity index (χ4v) is 4.66. The van der Waals surface area contributed by atoms with Gasteiger partial charge in [0.05, 0.1) is 5.56 Å². The van der Waals surface area contributed by atoms with Gasteiger partial charge >= 0.3 is 0 Å². The standard InChI is InChI=1S/C16H23NOS/c1-11-7-8-17(12(2)9-11)16(18)14-10-19-15-6-4-3-5-13(14)15/h10-12H,3-9H2,1-2H3/t11-,12-/m1/s1. The van der Waals surface area contributed by atoms with E-state index in [4.69, 9.17) is 0 Å². The molecule has 2 heterocycles. The number of hydrogen-bond acceptors (Lipinski definition) is 2. The number of carbonyl (C=O) groups is 1. The van der Waals surface area contributed by atoms with Gasteiger partial charge in [0.1, 0.15) is 0 Å². The number of aryl methyl sites for hydroxylation is 1. The second-order valence-electron chi connectivity index (χ2n) is 6.24. The number of nitrogens with zero attached hydrogens (tertiary/aromatic N) is 1. The lowest BCUT2D eigenvalue weighted by Crippen LogP contribution is -2.44. The van der Waals surface area contributed by atoms with Crippen LogP contribution in [-0.4, -0.2) is 23.4 Å². The van der Waals surface area contributed by atoms with Crippen LogP contribution in [-0.2, 0) is 12.8 Å². The van der Waals surface area contributed by atoms with E-state index in [1.807, 2.05) is 0 Å². The molecule has 0 bridgehead atoms. The predicted molar refractivity (Wildman–Crippen MR) is 79.9 cm³/mol. The smallest absolute Gasteiger partial charge is 0.255 e. The minimum atomic E-state index is 0.291. The summed E-state index contributed by atoms with van der Waals surface area (Å²) in [6.07, 6.45) is 7.13. The first-order valence-electron chi connectivity index (χ1n) is 7.57. The van der Waals surface area contributed by atoms with E-state index in [1.54, 1.807) is 11.3 Å². The zero-order valence-corrected chi connectivity index (χ0v) is 12.8. The molecule has 1 amide bonds. The topological polar surface area (TPSA) is 20.3 Å². The van der Waals surface area contributed by atoms with Crippen LogP contribution in [0.4, 0.5) is 0 Å². The van der Waals surface area contributed by atoms with E-state index in [0.29, 0.717) is 11.9 Å². The van der Waals surface area contributed by atoms with E-state index in [1.165, 1.54) is 29.7 Å². The molecule has 0 radical (unpaired) electrons. The molecule has 0 unspecified atom stereocenters. The summed E-state index contributed by atoms with van der Waals surface area (Å²) in [6.45, 7) is 5.43. The second-order valence-corrected chi connectivity index (χ2v) is 7.20. The third-order valence-corrected chi connectivity index (χ3v) is 5.78. The van der Waals surface area contributed by atoms with Gasteiger partial charge in [-0.05, 0) is 56.9 Å². The molecular weight excluding hydrogens is 254 g/mol. The summed E-state index contributed by atoms with van der Waals surface area (Å²) in [5.41, 5.74) is 2.38. The van der Waals surface area contributed by atoms with Crippen molar-refractivity contribution in [3.63, 3.8) is 0 Å². The van der Waals surface area contributed by atoms with Gasteiger partial charge in [-0.15, -0.1) is 11.3 Å². The van der Waals surface area contributed by atoms with Gasteiger partial charge in [0, 0.05) is 22.8 Å². The molecule has 2 nitrogen and oxygen atoms in total. The van der Waals surface area contributed by atoms with Crippen molar-refractivity contribution in [1.82, 2.24) is 4.90 Å². The van der Waals surface area contributed by atoms with Crippen LogP contribution in [0.5, 0.6) is 0 Å². The number of piperidine rings is 1. The summed E-state index contributed by atoms with van der Waals surface area (Å²) in [7, 11) is 0. The van der Waals surface area contributed by atoms with Crippen molar-refractivity contribution in [2.24, 2.45) is 5.92 Å². The Bertz CT molecular complexity index is 479. The largest absolute Gasteiger partial charge is 0.336 e. The van der Waals surface area contributed by atoms with Gasteiger partial charge in [-0.1, -0.05) is 6.92 Å². The highest BCUT2D eigenvalue weighted by molar-refractivity contribution is 7.10. The Balaban J connectivity index is 1.82. The molecule has 1 aromatic heterocycles. The van der Waals surface area contributed by atoms with Gasteiger partial charge < -0.3 is 4.90 Å². The van der Waals surface area contributed by atoms with Crippen molar-refractivity contribution in [3.05, 3.63) is 21.4 Å². The van der Waals surface area contributed by atoms with E-state index in [2.05, 4.69) is 24.1 Å². The molecule has 0 spiro atoms. The minimum absolute atomic E-state index is 0.291. The Morgan fingerprint density at radius 1 is 1.32 bits per heavy atom. The molecular formula is C16H23NOS. The third-order valence-electron chi connectivity index (χ3n) is 4.69. The van der Waals surface area contributed by atoms with Crippen LogP contribution >= 0.6 is 11.3 Å². The van der Waals surface area contributed by atoms with Gasteiger partial charge in [-0.25, -0.2) is 0 Å². The summed E-state index contributed by atoms with van der Waals surface area (Å²) in [6, 6.07) is 0.399. The normalized spacial score (nSPS) is 27.2. The van der Waals surface area contributed by atoms with Crippen LogP contribution < -0.4 is 0 Å². The maximum absolute atomic E-state index is 12.8. The maximum Gasteiger partial charge on any atom is 0.255 e. The van der Waals surface area contributed by atoms with Crippen molar-refractivity contribution >= 4 is 17.2 Å². The molecule has 0 aromatic carbocycles. The molecule has 0 saturated carbocycles. The lowest BCUT2D eigenvalue weighted by atomic mass is 9.91. The van der Waals surface area contributed by atoms with Crippen molar-refractivity contribution < 1.29 is 4.79 Å². The molecule has 1 saturated heterocycles. The first kappa shape index (κ1) is 13.2. The highest BCUT2D eigenvalue weighted by Gasteiger charge is 2.30. The highest BCUT2D eigenvalue weighted by atomic mass is 32.1. The average Bonchev–Trinajstić information content (AvgIpc) is 2.82. The number of hydrogen-bond donors (Lipinski definition) is 0. The van der Waals surface area contributed by atoms with Gasteiger partial charge in [-0.2, -0.15) is 0 Å². The number of carbonyl (C=O) groups excluding carboxylic acids is 1. The number of thiophene rings is 1. The molecule has 19 heavy (non-hydrogen) atoms. The maximum atomic E-state index is 12.8. The van der Waals surface area contributed by atoms with Gasteiger partial charge in [-0.3, -0.25) is 4.79 Å². The first-order valence-corrected chi connectivity index (χ1v) is 8.45. The fourth-order valence-electron chi connectivity index (χ4n) is 3.54. The molecule has 2 atom stereocenters. The molecule has 104 valence electrons. The molecule has 1 aliphatic carbocycles. The number of likely N-dealkylation sites (tertiary alicyclic amines) is 1. The Labute approximate surface area is 119 Å². The van der Waals surface area contributed by atoms with Crippen molar-refractivity contribution in [1.29, 1.82) is 0 Å². The molecule has 3 rings (SSSR count). The van der Waals surface area contributed by atoms with E-state index < -0.39 is 0 Å². The number of amides is 1. The molecule has 1 aliphatic heterocycles. The summed E-state index contributed by atoms with van der Waals surface area (Å²) < 4.78 is 0. The van der Waals surface area contributed by atoms with E-state index in [0.717, 1.165) is 37.3 Å². The van der Waals surface area contributed by atoms with Crippen molar-refractivity contribution in [2.75, 3.05) is 6.54 Å². The zero-order valence-electron chi connectivity index (χ0n) is 11.9. The lowest BCUT2D eigenvalue weighted by molar-refractivity contribution is 0.0588. The van der Waals surface area contributed by atoms with Gasteiger partial charge in [0.2, 0.25) is 0 Å². The molecule has 2 aliphatic rings.